The van der Waals surface area contributed by atoms with Crippen LogP contribution in [0.3, 0.4) is 0 Å². The molecule has 0 heterocycles. The Morgan fingerprint density at radius 2 is 2.05 bits per heavy atom. The van der Waals surface area contributed by atoms with Gasteiger partial charge in [-0.25, -0.2) is 0 Å². The third kappa shape index (κ3) is 3.56. The van der Waals surface area contributed by atoms with Crippen molar-refractivity contribution in [2.24, 2.45) is 11.8 Å². The molecule has 0 saturated heterocycles. The zero-order chi connectivity index (χ0) is 14.0. The average molecular weight is 261 g/mol. The van der Waals surface area contributed by atoms with E-state index in [-0.39, 0.29) is 24.4 Å². The van der Waals surface area contributed by atoms with Gasteiger partial charge in [0, 0.05) is 5.69 Å². The number of amides is 1. The Bertz CT molecular complexity index is 510. The SMILES string of the molecule is Cc1ccc(NC(=O)COC(=O)[C@@H]2C[C@H]2C)c(C)c1. The summed E-state index contributed by atoms with van der Waals surface area (Å²) in [6, 6.07) is 5.78. The van der Waals surface area contributed by atoms with Gasteiger partial charge in [0.1, 0.15) is 0 Å². The van der Waals surface area contributed by atoms with E-state index in [1.165, 1.54) is 0 Å². The highest BCUT2D eigenvalue weighted by Gasteiger charge is 2.40. The van der Waals surface area contributed by atoms with Gasteiger partial charge in [-0.15, -0.1) is 0 Å². The largest absolute Gasteiger partial charge is 0.455 e. The monoisotopic (exact) mass is 261 g/mol. The molecular formula is C15H19NO3. The van der Waals surface area contributed by atoms with Gasteiger partial charge in [0.2, 0.25) is 0 Å². The van der Waals surface area contributed by atoms with Crippen LogP contribution in [0.2, 0.25) is 0 Å². The standard InChI is InChI=1S/C15H19NO3/c1-9-4-5-13(11(3)6-9)16-14(17)8-19-15(18)12-7-10(12)2/h4-6,10,12H,7-8H2,1-3H3,(H,16,17)/t10-,12-/m1/s1. The number of aryl methyl sites for hydroxylation is 2. The number of benzene rings is 1. The van der Waals surface area contributed by atoms with Crippen molar-refractivity contribution in [3.63, 3.8) is 0 Å². The molecule has 0 radical (unpaired) electrons. The smallest absolute Gasteiger partial charge is 0.309 e. The summed E-state index contributed by atoms with van der Waals surface area (Å²) >= 11 is 0. The van der Waals surface area contributed by atoms with E-state index in [9.17, 15) is 9.59 Å². The molecule has 102 valence electrons. The molecule has 2 atom stereocenters. The third-order valence-corrected chi connectivity index (χ3v) is 3.41. The number of hydrogen-bond donors (Lipinski definition) is 1. The first-order chi connectivity index (χ1) is 8.97. The van der Waals surface area contributed by atoms with E-state index < -0.39 is 0 Å². The first kappa shape index (κ1) is 13.6. The molecule has 0 aliphatic heterocycles. The van der Waals surface area contributed by atoms with Crippen molar-refractivity contribution in [1.29, 1.82) is 0 Å². The molecule has 1 amide bonds. The van der Waals surface area contributed by atoms with Crippen LogP contribution in [0, 0.1) is 25.7 Å². The lowest BCUT2D eigenvalue weighted by Crippen LogP contribution is -2.22. The molecule has 0 spiro atoms. The van der Waals surface area contributed by atoms with Crippen molar-refractivity contribution in [3.05, 3.63) is 29.3 Å². The molecule has 1 aliphatic rings. The summed E-state index contributed by atoms with van der Waals surface area (Å²) in [4.78, 5) is 23.2. The lowest BCUT2D eigenvalue weighted by atomic mass is 10.1. The fourth-order valence-electron chi connectivity index (χ4n) is 2.03. The van der Waals surface area contributed by atoms with E-state index in [1.807, 2.05) is 39.0 Å². The summed E-state index contributed by atoms with van der Waals surface area (Å²) in [7, 11) is 0. The van der Waals surface area contributed by atoms with E-state index in [0.717, 1.165) is 23.2 Å². The molecule has 2 rings (SSSR count). The molecule has 1 saturated carbocycles. The molecule has 19 heavy (non-hydrogen) atoms. The number of ether oxygens (including phenoxy) is 1. The molecule has 4 nitrogen and oxygen atoms in total. The van der Waals surface area contributed by atoms with Gasteiger partial charge < -0.3 is 10.1 Å². The second kappa shape index (κ2) is 5.43. The summed E-state index contributed by atoms with van der Waals surface area (Å²) in [5.41, 5.74) is 2.89. The van der Waals surface area contributed by atoms with Crippen LogP contribution in [0.5, 0.6) is 0 Å². The van der Waals surface area contributed by atoms with E-state index >= 15 is 0 Å². The van der Waals surface area contributed by atoms with Crippen LogP contribution >= 0.6 is 0 Å². The Hall–Kier alpha value is -1.84. The number of anilines is 1. The number of carbonyl (C=O) groups excluding carboxylic acids is 2. The molecule has 0 aromatic heterocycles. The highest BCUT2D eigenvalue weighted by molar-refractivity contribution is 5.93. The molecule has 1 aliphatic carbocycles. The number of rotatable bonds is 4. The van der Waals surface area contributed by atoms with E-state index in [4.69, 9.17) is 4.74 Å². The zero-order valence-electron chi connectivity index (χ0n) is 11.5. The molecular weight excluding hydrogens is 242 g/mol. The molecule has 0 unspecified atom stereocenters. The maximum Gasteiger partial charge on any atom is 0.309 e. The van der Waals surface area contributed by atoms with Crippen molar-refractivity contribution in [3.8, 4) is 0 Å². The maximum atomic E-state index is 11.7. The van der Waals surface area contributed by atoms with Crippen LogP contribution in [0.1, 0.15) is 24.5 Å². The third-order valence-electron chi connectivity index (χ3n) is 3.41. The minimum atomic E-state index is -0.298. The van der Waals surface area contributed by atoms with Crippen LogP contribution in [-0.2, 0) is 14.3 Å². The minimum Gasteiger partial charge on any atom is -0.455 e. The molecule has 1 N–H and O–H groups in total. The van der Waals surface area contributed by atoms with Crippen molar-refractivity contribution >= 4 is 17.6 Å². The lowest BCUT2D eigenvalue weighted by molar-refractivity contribution is -0.148. The van der Waals surface area contributed by atoms with Gasteiger partial charge in [-0.2, -0.15) is 0 Å². The van der Waals surface area contributed by atoms with Crippen LogP contribution < -0.4 is 5.32 Å². The van der Waals surface area contributed by atoms with E-state index in [0.29, 0.717) is 5.92 Å². The van der Waals surface area contributed by atoms with Crippen LogP contribution in [0.15, 0.2) is 18.2 Å². The predicted octanol–water partition coefficient (Wildman–Crippen LogP) is 2.44. The second-order valence-corrected chi connectivity index (χ2v) is 5.29. The van der Waals surface area contributed by atoms with Crippen molar-refractivity contribution in [1.82, 2.24) is 0 Å². The number of hydrogen-bond acceptors (Lipinski definition) is 3. The van der Waals surface area contributed by atoms with Crippen molar-refractivity contribution in [2.75, 3.05) is 11.9 Å². The Labute approximate surface area is 113 Å². The van der Waals surface area contributed by atoms with Gasteiger partial charge in [-0.1, -0.05) is 24.6 Å². The Balaban J connectivity index is 1.82. The first-order valence-corrected chi connectivity index (χ1v) is 6.51. The Morgan fingerprint density at radius 3 is 2.63 bits per heavy atom. The van der Waals surface area contributed by atoms with Gasteiger partial charge in [-0.3, -0.25) is 9.59 Å². The second-order valence-electron chi connectivity index (χ2n) is 5.29. The number of nitrogens with one attached hydrogen (secondary N) is 1. The zero-order valence-corrected chi connectivity index (χ0v) is 11.5. The Kier molecular flexibility index (Phi) is 3.88. The first-order valence-electron chi connectivity index (χ1n) is 6.51. The lowest BCUT2D eigenvalue weighted by Gasteiger charge is -2.09. The fraction of sp³-hybridized carbons (Fsp3) is 0.467. The summed E-state index contributed by atoms with van der Waals surface area (Å²) in [6.07, 6.45) is 0.873. The summed E-state index contributed by atoms with van der Waals surface area (Å²) in [5, 5.41) is 2.75. The summed E-state index contributed by atoms with van der Waals surface area (Å²) in [5.74, 6) is -0.166. The van der Waals surface area contributed by atoms with E-state index in [1.54, 1.807) is 0 Å². The molecule has 1 fully saturated rings. The van der Waals surface area contributed by atoms with Crippen LogP contribution in [-0.4, -0.2) is 18.5 Å². The van der Waals surface area contributed by atoms with E-state index in [2.05, 4.69) is 5.32 Å². The van der Waals surface area contributed by atoms with Crippen molar-refractivity contribution in [2.45, 2.75) is 27.2 Å². The minimum absolute atomic E-state index is 0.00564. The molecule has 1 aromatic carbocycles. The van der Waals surface area contributed by atoms with Gasteiger partial charge >= 0.3 is 5.97 Å². The van der Waals surface area contributed by atoms with Gasteiger partial charge in [0.15, 0.2) is 6.61 Å². The molecule has 4 heteroatoms. The molecule has 1 aromatic rings. The maximum absolute atomic E-state index is 11.7. The topological polar surface area (TPSA) is 55.4 Å². The highest BCUT2D eigenvalue weighted by Crippen LogP contribution is 2.38. The van der Waals surface area contributed by atoms with Gasteiger partial charge in [-0.05, 0) is 37.8 Å². The summed E-state index contributed by atoms with van der Waals surface area (Å²) < 4.78 is 4.98. The van der Waals surface area contributed by atoms with Crippen molar-refractivity contribution < 1.29 is 14.3 Å². The predicted molar refractivity (Wildman–Crippen MR) is 72.8 cm³/mol. The average Bonchev–Trinajstić information content (AvgIpc) is 3.07. The highest BCUT2D eigenvalue weighted by atomic mass is 16.5. The van der Waals surface area contributed by atoms with Gasteiger partial charge in [0.25, 0.3) is 5.91 Å². The number of carbonyl (C=O) groups is 2. The van der Waals surface area contributed by atoms with Crippen LogP contribution in [0.25, 0.3) is 0 Å². The quantitative estimate of drug-likeness (QED) is 0.847. The normalized spacial score (nSPS) is 20.8. The Morgan fingerprint density at radius 1 is 1.37 bits per heavy atom. The molecule has 0 bridgehead atoms. The summed E-state index contributed by atoms with van der Waals surface area (Å²) in [6.45, 7) is 5.72. The van der Waals surface area contributed by atoms with Gasteiger partial charge in [0.05, 0.1) is 5.92 Å². The fourth-order valence-corrected chi connectivity index (χ4v) is 2.03. The number of esters is 1. The van der Waals surface area contributed by atoms with Crippen LogP contribution in [0.4, 0.5) is 5.69 Å².